The van der Waals surface area contributed by atoms with Gasteiger partial charge in [-0.2, -0.15) is 0 Å². The van der Waals surface area contributed by atoms with Crippen molar-refractivity contribution in [2.75, 3.05) is 5.32 Å². The van der Waals surface area contributed by atoms with Gasteiger partial charge < -0.3 is 5.32 Å². The molecule has 17 heavy (non-hydrogen) atoms. The topological polar surface area (TPSA) is 24.9 Å². The molecule has 1 fully saturated rings. The largest absolute Gasteiger partial charge is 0.367 e. The van der Waals surface area contributed by atoms with Crippen LogP contribution < -0.4 is 5.32 Å². The van der Waals surface area contributed by atoms with Gasteiger partial charge in [0.15, 0.2) is 0 Å². The van der Waals surface area contributed by atoms with E-state index in [0.29, 0.717) is 6.04 Å². The second kappa shape index (κ2) is 5.85. The summed E-state index contributed by atoms with van der Waals surface area (Å²) in [5, 5.41) is 3.58. The van der Waals surface area contributed by atoms with Crippen molar-refractivity contribution in [3.05, 3.63) is 22.3 Å². The summed E-state index contributed by atoms with van der Waals surface area (Å²) in [6, 6.07) is 4.74. The molecule has 2 unspecified atom stereocenters. The van der Waals surface area contributed by atoms with Crippen LogP contribution >= 0.6 is 15.9 Å². The quantitative estimate of drug-likeness (QED) is 0.811. The second-order valence-electron chi connectivity index (χ2n) is 5.22. The minimum Gasteiger partial charge on any atom is -0.367 e. The first-order valence-corrected chi connectivity index (χ1v) is 7.34. The standard InChI is InChI=1S/C14H21BrN2/c1-10-4-3-5-12(7-6-10)17-14-9-8-13(15)11(2)16-14/h8-10,12H,3-7H2,1-2H3,(H,16,17). The van der Waals surface area contributed by atoms with Crippen LogP contribution in [-0.4, -0.2) is 11.0 Å². The highest BCUT2D eigenvalue weighted by molar-refractivity contribution is 9.10. The maximum atomic E-state index is 4.56. The SMILES string of the molecule is Cc1nc(NC2CCCC(C)CC2)ccc1Br. The Morgan fingerprint density at radius 2 is 2.06 bits per heavy atom. The maximum absolute atomic E-state index is 4.56. The summed E-state index contributed by atoms with van der Waals surface area (Å²) in [4.78, 5) is 4.56. The second-order valence-corrected chi connectivity index (χ2v) is 6.07. The van der Waals surface area contributed by atoms with Gasteiger partial charge >= 0.3 is 0 Å². The van der Waals surface area contributed by atoms with Crippen LogP contribution in [0, 0.1) is 12.8 Å². The highest BCUT2D eigenvalue weighted by Gasteiger charge is 2.16. The van der Waals surface area contributed by atoms with Crippen LogP contribution in [0.5, 0.6) is 0 Å². The van der Waals surface area contributed by atoms with E-state index in [9.17, 15) is 0 Å². The predicted molar refractivity (Wildman–Crippen MR) is 76.3 cm³/mol. The summed E-state index contributed by atoms with van der Waals surface area (Å²) in [7, 11) is 0. The van der Waals surface area contributed by atoms with E-state index in [-0.39, 0.29) is 0 Å². The van der Waals surface area contributed by atoms with E-state index < -0.39 is 0 Å². The van der Waals surface area contributed by atoms with E-state index in [4.69, 9.17) is 0 Å². The zero-order valence-corrected chi connectivity index (χ0v) is 12.3. The van der Waals surface area contributed by atoms with Gasteiger partial charge in [0, 0.05) is 10.5 Å². The molecule has 1 aromatic heterocycles. The molecule has 0 saturated heterocycles. The predicted octanol–water partition coefficient (Wildman–Crippen LogP) is 4.53. The Hall–Kier alpha value is -0.570. The first-order chi connectivity index (χ1) is 8.15. The van der Waals surface area contributed by atoms with Crippen molar-refractivity contribution in [1.29, 1.82) is 0 Å². The molecular formula is C14H21BrN2. The number of anilines is 1. The van der Waals surface area contributed by atoms with Crippen LogP contribution in [-0.2, 0) is 0 Å². The first-order valence-electron chi connectivity index (χ1n) is 6.55. The maximum Gasteiger partial charge on any atom is 0.126 e. The van der Waals surface area contributed by atoms with E-state index in [1.54, 1.807) is 0 Å². The van der Waals surface area contributed by atoms with Gasteiger partial charge in [-0.05, 0) is 60.2 Å². The normalized spacial score (nSPS) is 25.4. The third-order valence-electron chi connectivity index (χ3n) is 3.63. The van der Waals surface area contributed by atoms with E-state index in [2.05, 4.69) is 45.3 Å². The number of aryl methyl sites for hydroxylation is 1. The zero-order chi connectivity index (χ0) is 12.3. The molecule has 1 aliphatic carbocycles. The number of hydrogen-bond acceptors (Lipinski definition) is 2. The number of nitrogens with one attached hydrogen (secondary N) is 1. The van der Waals surface area contributed by atoms with Crippen molar-refractivity contribution in [3.8, 4) is 0 Å². The molecule has 1 saturated carbocycles. The van der Waals surface area contributed by atoms with Gasteiger partial charge in [0.05, 0.1) is 5.69 Å². The molecular weight excluding hydrogens is 276 g/mol. The van der Waals surface area contributed by atoms with Gasteiger partial charge in [-0.25, -0.2) is 4.98 Å². The lowest BCUT2D eigenvalue weighted by Gasteiger charge is -2.17. The summed E-state index contributed by atoms with van der Waals surface area (Å²) in [6.07, 6.45) is 6.62. The van der Waals surface area contributed by atoms with Crippen molar-refractivity contribution in [1.82, 2.24) is 4.98 Å². The first kappa shape index (κ1) is 12.9. The van der Waals surface area contributed by atoms with Gasteiger partial charge in [0.25, 0.3) is 0 Å². The Labute approximate surface area is 112 Å². The molecule has 0 radical (unpaired) electrons. The summed E-state index contributed by atoms with van der Waals surface area (Å²) in [6.45, 7) is 4.40. The van der Waals surface area contributed by atoms with Crippen molar-refractivity contribution in [2.45, 2.75) is 52.0 Å². The van der Waals surface area contributed by atoms with E-state index in [1.165, 1.54) is 32.1 Å². The summed E-state index contributed by atoms with van der Waals surface area (Å²) in [5.41, 5.74) is 1.05. The molecule has 0 aliphatic heterocycles. The molecule has 2 nitrogen and oxygen atoms in total. The third-order valence-corrected chi connectivity index (χ3v) is 4.47. The highest BCUT2D eigenvalue weighted by atomic mass is 79.9. The molecule has 1 aliphatic rings. The Bertz CT molecular complexity index is 378. The molecule has 3 heteroatoms. The summed E-state index contributed by atoms with van der Waals surface area (Å²) < 4.78 is 1.08. The molecule has 0 spiro atoms. The number of pyridine rings is 1. The minimum atomic E-state index is 0.605. The molecule has 1 aromatic rings. The zero-order valence-electron chi connectivity index (χ0n) is 10.7. The molecule has 0 bridgehead atoms. The van der Waals surface area contributed by atoms with E-state index in [0.717, 1.165) is 21.9 Å². The van der Waals surface area contributed by atoms with Crippen LogP contribution in [0.15, 0.2) is 16.6 Å². The summed E-state index contributed by atoms with van der Waals surface area (Å²) in [5.74, 6) is 1.91. The van der Waals surface area contributed by atoms with Gasteiger partial charge in [-0.1, -0.05) is 19.8 Å². The van der Waals surface area contributed by atoms with Crippen LogP contribution in [0.2, 0.25) is 0 Å². The number of halogens is 1. The Kier molecular flexibility index (Phi) is 4.43. The fourth-order valence-corrected chi connectivity index (χ4v) is 2.69. The molecule has 1 heterocycles. The van der Waals surface area contributed by atoms with Gasteiger partial charge in [0.2, 0.25) is 0 Å². The number of rotatable bonds is 2. The average molecular weight is 297 g/mol. The number of hydrogen-bond donors (Lipinski definition) is 1. The van der Waals surface area contributed by atoms with Crippen molar-refractivity contribution >= 4 is 21.7 Å². The van der Waals surface area contributed by atoms with Crippen LogP contribution in [0.3, 0.4) is 0 Å². The smallest absolute Gasteiger partial charge is 0.126 e. The van der Waals surface area contributed by atoms with Crippen molar-refractivity contribution in [2.24, 2.45) is 5.92 Å². The van der Waals surface area contributed by atoms with Crippen molar-refractivity contribution < 1.29 is 0 Å². The minimum absolute atomic E-state index is 0.605. The van der Waals surface area contributed by atoms with Crippen LogP contribution in [0.25, 0.3) is 0 Å². The molecule has 2 atom stereocenters. The monoisotopic (exact) mass is 296 g/mol. The fourth-order valence-electron chi connectivity index (χ4n) is 2.47. The van der Waals surface area contributed by atoms with Gasteiger partial charge in [-0.3, -0.25) is 0 Å². The van der Waals surface area contributed by atoms with E-state index >= 15 is 0 Å². The van der Waals surface area contributed by atoms with Crippen LogP contribution in [0.4, 0.5) is 5.82 Å². The van der Waals surface area contributed by atoms with Crippen molar-refractivity contribution in [3.63, 3.8) is 0 Å². The third kappa shape index (κ3) is 3.70. The lowest BCUT2D eigenvalue weighted by Crippen LogP contribution is -2.19. The lowest BCUT2D eigenvalue weighted by atomic mass is 10.0. The molecule has 0 aromatic carbocycles. The van der Waals surface area contributed by atoms with Crippen LogP contribution in [0.1, 0.15) is 44.7 Å². The Morgan fingerprint density at radius 1 is 1.24 bits per heavy atom. The average Bonchev–Trinajstić information content (AvgIpc) is 2.49. The number of nitrogens with zero attached hydrogens (tertiary/aromatic N) is 1. The van der Waals surface area contributed by atoms with E-state index in [1.807, 2.05) is 6.92 Å². The molecule has 94 valence electrons. The van der Waals surface area contributed by atoms with Gasteiger partial charge in [-0.15, -0.1) is 0 Å². The molecule has 2 rings (SSSR count). The summed E-state index contributed by atoms with van der Waals surface area (Å²) >= 11 is 3.48. The molecule has 0 amide bonds. The lowest BCUT2D eigenvalue weighted by molar-refractivity contribution is 0.502. The number of aromatic nitrogens is 1. The Morgan fingerprint density at radius 3 is 2.82 bits per heavy atom. The molecule has 1 N–H and O–H groups in total. The highest BCUT2D eigenvalue weighted by Crippen LogP contribution is 2.25. The van der Waals surface area contributed by atoms with Gasteiger partial charge in [0.1, 0.15) is 5.82 Å². The fraction of sp³-hybridized carbons (Fsp3) is 0.643. The Balaban J connectivity index is 1.97.